The van der Waals surface area contributed by atoms with E-state index in [-0.39, 0.29) is 5.91 Å². The van der Waals surface area contributed by atoms with Gasteiger partial charge in [-0.05, 0) is 29.3 Å². The van der Waals surface area contributed by atoms with Gasteiger partial charge in [-0.2, -0.15) is 0 Å². The molecule has 1 heterocycles. The van der Waals surface area contributed by atoms with Crippen LogP contribution in [0.15, 0.2) is 84.9 Å². The molecule has 148 valence electrons. The summed E-state index contributed by atoms with van der Waals surface area (Å²) in [6.45, 7) is 4.72. The topological polar surface area (TPSA) is 32.8 Å². The fourth-order valence-electron chi connectivity index (χ4n) is 3.59. The van der Waals surface area contributed by atoms with Gasteiger partial charge in [-0.1, -0.05) is 66.7 Å². The Morgan fingerprint density at radius 3 is 2.10 bits per heavy atom. The smallest absolute Gasteiger partial charge is 0.254 e. The zero-order valence-corrected chi connectivity index (χ0v) is 16.5. The molecule has 1 saturated heterocycles. The van der Waals surface area contributed by atoms with Crippen molar-refractivity contribution in [2.24, 2.45) is 0 Å². The van der Waals surface area contributed by atoms with Gasteiger partial charge >= 0.3 is 0 Å². The van der Waals surface area contributed by atoms with Crippen molar-refractivity contribution in [2.45, 2.75) is 13.2 Å². The van der Waals surface area contributed by atoms with Gasteiger partial charge in [0.1, 0.15) is 12.4 Å². The first-order chi connectivity index (χ1) is 14.3. The molecule has 0 radical (unpaired) electrons. The van der Waals surface area contributed by atoms with Gasteiger partial charge in [-0.3, -0.25) is 9.69 Å². The van der Waals surface area contributed by atoms with Gasteiger partial charge in [0.15, 0.2) is 0 Å². The molecular formula is C25H26N2O2. The van der Waals surface area contributed by atoms with E-state index in [1.54, 1.807) is 0 Å². The zero-order chi connectivity index (χ0) is 19.9. The van der Waals surface area contributed by atoms with Gasteiger partial charge in [0, 0.05) is 38.3 Å². The minimum atomic E-state index is 0.0783. The van der Waals surface area contributed by atoms with Crippen molar-refractivity contribution in [1.29, 1.82) is 0 Å². The lowest BCUT2D eigenvalue weighted by molar-refractivity contribution is 0.0628. The second-order valence-corrected chi connectivity index (χ2v) is 7.36. The maximum Gasteiger partial charge on any atom is 0.254 e. The lowest BCUT2D eigenvalue weighted by Gasteiger charge is -2.34. The number of ether oxygens (including phenoxy) is 1. The number of benzene rings is 3. The van der Waals surface area contributed by atoms with E-state index in [0.29, 0.717) is 12.2 Å². The first-order valence-electron chi connectivity index (χ1n) is 10.1. The second kappa shape index (κ2) is 9.39. The highest BCUT2D eigenvalue weighted by atomic mass is 16.5. The van der Waals surface area contributed by atoms with Gasteiger partial charge in [-0.25, -0.2) is 0 Å². The average molecular weight is 386 g/mol. The van der Waals surface area contributed by atoms with E-state index in [1.807, 2.05) is 65.6 Å². The van der Waals surface area contributed by atoms with Crippen LogP contribution in [0.4, 0.5) is 0 Å². The van der Waals surface area contributed by atoms with Crippen LogP contribution in [0.5, 0.6) is 5.75 Å². The predicted octanol–water partition coefficient (Wildman–Crippen LogP) is 4.22. The van der Waals surface area contributed by atoms with Crippen LogP contribution < -0.4 is 4.74 Å². The lowest BCUT2D eigenvalue weighted by atomic mass is 10.1. The number of carbonyl (C=O) groups excluding carboxylic acids is 1. The van der Waals surface area contributed by atoms with Crippen molar-refractivity contribution < 1.29 is 9.53 Å². The summed E-state index contributed by atoms with van der Waals surface area (Å²) >= 11 is 0. The second-order valence-electron chi connectivity index (χ2n) is 7.36. The molecule has 4 nitrogen and oxygen atoms in total. The highest BCUT2D eigenvalue weighted by molar-refractivity contribution is 5.94. The van der Waals surface area contributed by atoms with Crippen LogP contribution in [0.25, 0.3) is 0 Å². The van der Waals surface area contributed by atoms with Crippen molar-refractivity contribution in [3.63, 3.8) is 0 Å². The molecule has 0 unspecified atom stereocenters. The number of rotatable bonds is 6. The number of piperazine rings is 1. The van der Waals surface area contributed by atoms with Crippen molar-refractivity contribution >= 4 is 5.91 Å². The molecule has 4 rings (SSSR count). The molecule has 1 amide bonds. The molecule has 0 atom stereocenters. The Morgan fingerprint density at radius 1 is 0.759 bits per heavy atom. The fourth-order valence-corrected chi connectivity index (χ4v) is 3.59. The summed E-state index contributed by atoms with van der Waals surface area (Å²) < 4.78 is 5.87. The summed E-state index contributed by atoms with van der Waals surface area (Å²) in [6.07, 6.45) is 0. The summed E-state index contributed by atoms with van der Waals surface area (Å²) in [5.41, 5.74) is 3.11. The molecule has 3 aromatic rings. The summed E-state index contributed by atoms with van der Waals surface area (Å²) in [6, 6.07) is 28.0. The van der Waals surface area contributed by atoms with E-state index >= 15 is 0 Å². The van der Waals surface area contributed by atoms with Crippen molar-refractivity contribution in [1.82, 2.24) is 9.80 Å². The van der Waals surface area contributed by atoms with E-state index in [9.17, 15) is 4.79 Å². The quantitative estimate of drug-likeness (QED) is 0.636. The van der Waals surface area contributed by atoms with Crippen LogP contribution in [0.1, 0.15) is 21.5 Å². The molecule has 0 spiro atoms. The van der Waals surface area contributed by atoms with Gasteiger partial charge in [0.2, 0.25) is 0 Å². The van der Waals surface area contributed by atoms with Crippen LogP contribution in [-0.4, -0.2) is 41.9 Å². The molecule has 0 aromatic heterocycles. The third-order valence-electron chi connectivity index (χ3n) is 5.24. The summed E-state index contributed by atoms with van der Waals surface area (Å²) in [5.74, 6) is 0.803. The molecule has 1 aliphatic rings. The Morgan fingerprint density at radius 2 is 1.41 bits per heavy atom. The maximum absolute atomic E-state index is 12.9. The maximum atomic E-state index is 12.9. The van der Waals surface area contributed by atoms with Gasteiger partial charge in [-0.15, -0.1) is 0 Å². The number of amides is 1. The van der Waals surface area contributed by atoms with Crippen LogP contribution in [0.2, 0.25) is 0 Å². The van der Waals surface area contributed by atoms with Crippen molar-refractivity contribution in [3.05, 3.63) is 102 Å². The summed E-state index contributed by atoms with van der Waals surface area (Å²) in [4.78, 5) is 17.3. The van der Waals surface area contributed by atoms with E-state index in [1.165, 1.54) is 5.56 Å². The molecule has 4 heteroatoms. The van der Waals surface area contributed by atoms with E-state index in [0.717, 1.165) is 44.0 Å². The Kier molecular flexibility index (Phi) is 6.22. The zero-order valence-electron chi connectivity index (χ0n) is 16.5. The lowest BCUT2D eigenvalue weighted by Crippen LogP contribution is -2.48. The fraction of sp³-hybridized carbons (Fsp3) is 0.240. The normalized spacial score (nSPS) is 14.6. The molecule has 3 aromatic carbocycles. The summed E-state index contributed by atoms with van der Waals surface area (Å²) in [5, 5.41) is 0. The van der Waals surface area contributed by atoms with Crippen molar-refractivity contribution in [2.75, 3.05) is 26.2 Å². The standard InChI is InChI=1S/C25H26N2O2/c28-25(27-16-14-26(15-17-27)19-21-8-3-1-4-9-21)23-12-7-13-24(18-23)29-20-22-10-5-2-6-11-22/h1-13,18H,14-17,19-20H2. The van der Waals surface area contributed by atoms with E-state index < -0.39 is 0 Å². The minimum absolute atomic E-state index is 0.0783. The Hall–Kier alpha value is -3.11. The minimum Gasteiger partial charge on any atom is -0.489 e. The third kappa shape index (κ3) is 5.24. The first kappa shape index (κ1) is 19.2. The highest BCUT2D eigenvalue weighted by Gasteiger charge is 2.22. The Balaban J connectivity index is 1.31. The van der Waals surface area contributed by atoms with Gasteiger partial charge in [0.05, 0.1) is 0 Å². The third-order valence-corrected chi connectivity index (χ3v) is 5.24. The first-order valence-corrected chi connectivity index (χ1v) is 10.1. The molecule has 0 aliphatic carbocycles. The monoisotopic (exact) mass is 386 g/mol. The van der Waals surface area contributed by atoms with Crippen molar-refractivity contribution in [3.8, 4) is 5.75 Å². The molecule has 0 bridgehead atoms. The number of hydrogen-bond donors (Lipinski definition) is 0. The van der Waals surface area contributed by atoms with Crippen LogP contribution >= 0.6 is 0 Å². The molecule has 1 aliphatic heterocycles. The van der Waals surface area contributed by atoms with Gasteiger partial charge < -0.3 is 9.64 Å². The molecule has 0 saturated carbocycles. The Labute approximate surface area is 172 Å². The SMILES string of the molecule is O=C(c1cccc(OCc2ccccc2)c1)N1CCN(Cc2ccccc2)CC1. The molecule has 0 N–H and O–H groups in total. The van der Waals surface area contributed by atoms with E-state index in [2.05, 4.69) is 29.2 Å². The molecule has 1 fully saturated rings. The Bertz CT molecular complexity index is 920. The number of carbonyl (C=O) groups is 1. The van der Waals surface area contributed by atoms with Crippen LogP contribution in [0, 0.1) is 0 Å². The summed E-state index contributed by atoms with van der Waals surface area (Å²) in [7, 11) is 0. The van der Waals surface area contributed by atoms with Gasteiger partial charge in [0.25, 0.3) is 5.91 Å². The number of nitrogens with zero attached hydrogens (tertiary/aromatic N) is 2. The van der Waals surface area contributed by atoms with Crippen LogP contribution in [0.3, 0.4) is 0 Å². The highest BCUT2D eigenvalue weighted by Crippen LogP contribution is 2.18. The van der Waals surface area contributed by atoms with E-state index in [4.69, 9.17) is 4.74 Å². The largest absolute Gasteiger partial charge is 0.489 e. The molecular weight excluding hydrogens is 360 g/mol. The molecule has 29 heavy (non-hydrogen) atoms. The average Bonchev–Trinajstić information content (AvgIpc) is 2.79. The van der Waals surface area contributed by atoms with Crippen LogP contribution in [-0.2, 0) is 13.2 Å². The number of hydrogen-bond acceptors (Lipinski definition) is 3. The predicted molar refractivity (Wildman–Crippen MR) is 115 cm³/mol.